The lowest BCUT2D eigenvalue weighted by Gasteiger charge is -2.33. The van der Waals surface area contributed by atoms with E-state index in [1.54, 1.807) is 25.3 Å². The SMILES string of the molecule is CCOC(=O)C1CCCN(c2nc3c(C)cccn3c(=O)c2C=C(C#N)C(N)=O)C1. The first kappa shape index (κ1) is 21.0. The van der Waals surface area contributed by atoms with E-state index < -0.39 is 11.5 Å². The van der Waals surface area contributed by atoms with Crippen LogP contribution in [0.5, 0.6) is 0 Å². The molecule has 1 amide bonds. The van der Waals surface area contributed by atoms with E-state index in [-0.39, 0.29) is 23.0 Å². The summed E-state index contributed by atoms with van der Waals surface area (Å²) in [6, 6.07) is 5.28. The lowest BCUT2D eigenvalue weighted by atomic mass is 9.97. The fourth-order valence-electron chi connectivity index (χ4n) is 3.59. The number of esters is 1. The zero-order valence-electron chi connectivity index (χ0n) is 16.9. The average Bonchev–Trinajstić information content (AvgIpc) is 2.73. The maximum Gasteiger partial charge on any atom is 0.310 e. The van der Waals surface area contributed by atoms with Crippen LogP contribution < -0.4 is 16.2 Å². The van der Waals surface area contributed by atoms with E-state index >= 15 is 0 Å². The molecule has 9 nitrogen and oxygen atoms in total. The molecule has 1 fully saturated rings. The Morgan fingerprint density at radius 2 is 2.23 bits per heavy atom. The van der Waals surface area contributed by atoms with Crippen molar-refractivity contribution in [2.75, 3.05) is 24.6 Å². The molecular formula is C21H23N5O4. The normalized spacial score (nSPS) is 16.9. The number of primary amides is 1. The summed E-state index contributed by atoms with van der Waals surface area (Å²) in [5, 5.41) is 9.26. The number of hydrogen-bond donors (Lipinski definition) is 1. The van der Waals surface area contributed by atoms with E-state index in [1.165, 1.54) is 10.5 Å². The van der Waals surface area contributed by atoms with Gasteiger partial charge in [-0.2, -0.15) is 5.26 Å². The third kappa shape index (κ3) is 4.03. The minimum atomic E-state index is -0.930. The van der Waals surface area contributed by atoms with Crippen molar-refractivity contribution in [2.24, 2.45) is 11.7 Å². The second-order valence-electron chi connectivity index (χ2n) is 7.11. The van der Waals surface area contributed by atoms with Crippen molar-refractivity contribution in [3.05, 3.63) is 45.4 Å². The van der Waals surface area contributed by atoms with Crippen molar-refractivity contribution < 1.29 is 14.3 Å². The highest BCUT2D eigenvalue weighted by molar-refractivity contribution is 6.01. The zero-order valence-corrected chi connectivity index (χ0v) is 16.9. The number of rotatable bonds is 5. The smallest absolute Gasteiger partial charge is 0.310 e. The number of carbonyl (C=O) groups excluding carboxylic acids is 2. The molecular weight excluding hydrogens is 386 g/mol. The van der Waals surface area contributed by atoms with Crippen molar-refractivity contribution in [1.82, 2.24) is 9.38 Å². The molecule has 2 aromatic heterocycles. The van der Waals surface area contributed by atoms with Crippen LogP contribution in [-0.2, 0) is 14.3 Å². The minimum Gasteiger partial charge on any atom is -0.466 e. The summed E-state index contributed by atoms with van der Waals surface area (Å²) in [6.45, 7) is 4.78. The van der Waals surface area contributed by atoms with Gasteiger partial charge in [0.15, 0.2) is 0 Å². The Labute approximate surface area is 173 Å². The van der Waals surface area contributed by atoms with Gasteiger partial charge in [-0.1, -0.05) is 6.07 Å². The molecule has 1 aliphatic heterocycles. The van der Waals surface area contributed by atoms with Crippen molar-refractivity contribution in [3.63, 3.8) is 0 Å². The minimum absolute atomic E-state index is 0.0814. The molecule has 0 saturated carbocycles. The highest BCUT2D eigenvalue weighted by atomic mass is 16.5. The van der Waals surface area contributed by atoms with Gasteiger partial charge in [0.1, 0.15) is 23.1 Å². The molecule has 1 saturated heterocycles. The Balaban J connectivity index is 2.19. The number of nitrogens with two attached hydrogens (primary N) is 1. The second kappa shape index (κ2) is 8.78. The molecule has 0 aliphatic carbocycles. The Kier molecular flexibility index (Phi) is 6.16. The van der Waals surface area contributed by atoms with E-state index in [0.717, 1.165) is 5.56 Å². The van der Waals surface area contributed by atoms with Crippen LogP contribution >= 0.6 is 0 Å². The van der Waals surface area contributed by atoms with Gasteiger partial charge < -0.3 is 15.4 Å². The fraction of sp³-hybridized carbons (Fsp3) is 0.381. The monoisotopic (exact) mass is 409 g/mol. The molecule has 30 heavy (non-hydrogen) atoms. The Bertz CT molecular complexity index is 1130. The van der Waals surface area contributed by atoms with Crippen LogP contribution in [0.15, 0.2) is 28.7 Å². The molecule has 1 aliphatic rings. The quantitative estimate of drug-likeness (QED) is 0.445. The summed E-state index contributed by atoms with van der Waals surface area (Å²) in [5.41, 5.74) is 5.84. The molecule has 0 radical (unpaired) electrons. The number of amides is 1. The summed E-state index contributed by atoms with van der Waals surface area (Å²) in [7, 11) is 0. The van der Waals surface area contributed by atoms with E-state index in [2.05, 4.69) is 4.98 Å². The van der Waals surface area contributed by atoms with Crippen molar-refractivity contribution in [3.8, 4) is 6.07 Å². The summed E-state index contributed by atoms with van der Waals surface area (Å²) in [4.78, 5) is 43.6. The Hall–Kier alpha value is -3.67. The highest BCUT2D eigenvalue weighted by Crippen LogP contribution is 2.26. The van der Waals surface area contributed by atoms with E-state index in [0.29, 0.717) is 44.0 Å². The summed E-state index contributed by atoms with van der Waals surface area (Å²) >= 11 is 0. The number of aromatic nitrogens is 2. The first-order chi connectivity index (χ1) is 14.4. The molecule has 0 spiro atoms. The van der Waals surface area contributed by atoms with Crippen LogP contribution in [0.25, 0.3) is 11.7 Å². The highest BCUT2D eigenvalue weighted by Gasteiger charge is 2.29. The first-order valence-electron chi connectivity index (χ1n) is 9.72. The molecule has 9 heteroatoms. The molecule has 2 aromatic rings. The summed E-state index contributed by atoms with van der Waals surface area (Å²) in [6.07, 6.45) is 4.14. The second-order valence-corrected chi connectivity index (χ2v) is 7.11. The van der Waals surface area contributed by atoms with E-state index in [1.807, 2.05) is 17.9 Å². The molecule has 0 aromatic carbocycles. The number of hydrogen-bond acceptors (Lipinski definition) is 7. The molecule has 3 heterocycles. The predicted octanol–water partition coefficient (Wildman–Crippen LogP) is 1.17. The van der Waals surface area contributed by atoms with Crippen molar-refractivity contribution >= 4 is 29.4 Å². The number of carbonyl (C=O) groups is 2. The molecule has 1 atom stereocenters. The van der Waals surface area contributed by atoms with Crippen molar-refractivity contribution in [1.29, 1.82) is 5.26 Å². The fourth-order valence-corrected chi connectivity index (χ4v) is 3.59. The zero-order chi connectivity index (χ0) is 21.8. The van der Waals surface area contributed by atoms with E-state index in [9.17, 15) is 19.6 Å². The van der Waals surface area contributed by atoms with Gasteiger partial charge in [0.2, 0.25) is 0 Å². The van der Waals surface area contributed by atoms with Crippen LogP contribution in [0.3, 0.4) is 0 Å². The third-order valence-electron chi connectivity index (χ3n) is 5.08. The number of fused-ring (bicyclic) bond motifs is 1. The number of pyridine rings is 1. The van der Waals surface area contributed by atoms with E-state index in [4.69, 9.17) is 10.5 Å². The van der Waals surface area contributed by atoms with Gasteiger partial charge in [0, 0.05) is 19.3 Å². The number of ether oxygens (including phenoxy) is 1. The Morgan fingerprint density at radius 3 is 2.90 bits per heavy atom. The molecule has 2 N–H and O–H groups in total. The van der Waals surface area contributed by atoms with Crippen LogP contribution in [-0.4, -0.2) is 41.0 Å². The van der Waals surface area contributed by atoms with Crippen molar-refractivity contribution in [2.45, 2.75) is 26.7 Å². The molecule has 1 unspecified atom stereocenters. The van der Waals surface area contributed by atoms with Gasteiger partial charge >= 0.3 is 5.97 Å². The van der Waals surface area contributed by atoms with Crippen LogP contribution in [0.2, 0.25) is 0 Å². The van der Waals surface area contributed by atoms with Gasteiger partial charge in [-0.25, -0.2) is 4.98 Å². The summed E-state index contributed by atoms with van der Waals surface area (Å²) < 4.78 is 6.52. The maximum absolute atomic E-state index is 13.2. The third-order valence-corrected chi connectivity index (χ3v) is 5.08. The molecule has 3 rings (SSSR count). The number of aryl methyl sites for hydroxylation is 1. The number of anilines is 1. The lowest BCUT2D eigenvalue weighted by Crippen LogP contribution is -2.41. The van der Waals surface area contributed by atoms with Crippen LogP contribution in [0, 0.1) is 24.2 Å². The summed E-state index contributed by atoms with van der Waals surface area (Å²) in [5.74, 6) is -1.25. The average molecular weight is 409 g/mol. The number of nitriles is 1. The number of nitrogens with zero attached hydrogens (tertiary/aromatic N) is 4. The lowest BCUT2D eigenvalue weighted by molar-refractivity contribution is -0.148. The largest absolute Gasteiger partial charge is 0.466 e. The number of piperidine rings is 1. The predicted molar refractivity (Wildman–Crippen MR) is 111 cm³/mol. The Morgan fingerprint density at radius 1 is 1.47 bits per heavy atom. The molecule has 156 valence electrons. The van der Waals surface area contributed by atoms with Crippen LogP contribution in [0.4, 0.5) is 5.82 Å². The van der Waals surface area contributed by atoms with Crippen LogP contribution in [0.1, 0.15) is 30.9 Å². The van der Waals surface area contributed by atoms with Gasteiger partial charge in [-0.3, -0.25) is 18.8 Å². The first-order valence-corrected chi connectivity index (χ1v) is 9.72. The maximum atomic E-state index is 13.2. The van der Waals surface area contributed by atoms with Gasteiger partial charge in [0.05, 0.1) is 18.1 Å². The molecule has 0 bridgehead atoms. The van der Waals surface area contributed by atoms with Gasteiger partial charge in [-0.05, 0) is 44.4 Å². The van der Waals surface area contributed by atoms with Gasteiger partial charge in [0.25, 0.3) is 11.5 Å². The standard InChI is InChI=1S/C21H23N5O4/c1-3-30-21(29)14-7-5-8-25(12-14)19-16(10-15(11-22)17(23)27)20(28)26-9-4-6-13(2)18(26)24-19/h4,6,9-10,14H,3,5,7-8,12H2,1-2H3,(H2,23,27). The van der Waals surface area contributed by atoms with Gasteiger partial charge in [-0.15, -0.1) is 0 Å². The topological polar surface area (TPSA) is 131 Å².